The van der Waals surface area contributed by atoms with Crippen molar-refractivity contribution >= 4 is 27.5 Å². The van der Waals surface area contributed by atoms with Gasteiger partial charge in [-0.1, -0.05) is 78.9 Å². The van der Waals surface area contributed by atoms with Crippen molar-refractivity contribution in [1.29, 1.82) is 0 Å². The van der Waals surface area contributed by atoms with Crippen molar-refractivity contribution in [3.8, 4) is 27.9 Å². The van der Waals surface area contributed by atoms with Gasteiger partial charge in [0.1, 0.15) is 0 Å². The fourth-order valence-corrected chi connectivity index (χ4v) is 4.61. The Balaban J connectivity index is 1.57. The molecule has 0 bridgehead atoms. The molecule has 2 N–H and O–H groups in total. The number of rotatable bonds is 3. The summed E-state index contributed by atoms with van der Waals surface area (Å²) >= 11 is 0. The molecule has 0 aliphatic rings. The number of aromatic nitrogens is 1. The van der Waals surface area contributed by atoms with E-state index in [0.717, 1.165) is 22.4 Å². The Morgan fingerprint density at radius 1 is 0.469 bits per heavy atom. The Hall–Kier alpha value is -4.30. The molecule has 0 radical (unpaired) electrons. The minimum absolute atomic E-state index is 0.793. The highest BCUT2D eigenvalue weighted by Gasteiger charge is 2.13. The molecule has 0 saturated carbocycles. The van der Waals surface area contributed by atoms with E-state index < -0.39 is 0 Å². The zero-order valence-corrected chi connectivity index (χ0v) is 17.6. The highest BCUT2D eigenvalue weighted by Crippen LogP contribution is 2.36. The third kappa shape index (κ3) is 2.97. The second-order valence-electron chi connectivity index (χ2n) is 8.09. The Kier molecular flexibility index (Phi) is 4.29. The maximum absolute atomic E-state index is 6.33. The summed E-state index contributed by atoms with van der Waals surface area (Å²) in [5, 5.41) is 2.51. The van der Waals surface area contributed by atoms with Crippen LogP contribution in [0.5, 0.6) is 0 Å². The predicted octanol–water partition coefficient (Wildman–Crippen LogP) is 7.70. The van der Waals surface area contributed by atoms with Gasteiger partial charge in [-0.25, -0.2) is 0 Å². The zero-order valence-electron chi connectivity index (χ0n) is 17.6. The van der Waals surface area contributed by atoms with Crippen molar-refractivity contribution in [2.75, 3.05) is 5.73 Å². The van der Waals surface area contributed by atoms with Gasteiger partial charge < -0.3 is 10.3 Å². The van der Waals surface area contributed by atoms with Crippen LogP contribution in [0, 0.1) is 0 Å². The molecule has 1 aromatic heterocycles. The van der Waals surface area contributed by atoms with Crippen LogP contribution >= 0.6 is 0 Å². The topological polar surface area (TPSA) is 30.9 Å². The smallest absolute Gasteiger partial charge is 0.0541 e. The van der Waals surface area contributed by atoms with Crippen LogP contribution in [0.4, 0.5) is 5.69 Å². The van der Waals surface area contributed by atoms with Gasteiger partial charge in [0.15, 0.2) is 0 Å². The van der Waals surface area contributed by atoms with E-state index in [4.69, 9.17) is 5.73 Å². The minimum Gasteiger partial charge on any atom is -0.398 e. The van der Waals surface area contributed by atoms with Crippen LogP contribution in [0.1, 0.15) is 0 Å². The monoisotopic (exact) mass is 410 g/mol. The van der Waals surface area contributed by atoms with Gasteiger partial charge >= 0.3 is 0 Å². The number of nitrogens with zero attached hydrogens (tertiary/aromatic N) is 1. The van der Waals surface area contributed by atoms with Crippen LogP contribution in [0.2, 0.25) is 0 Å². The number of nitrogen functional groups attached to an aromatic ring is 1. The van der Waals surface area contributed by atoms with Gasteiger partial charge in [0.25, 0.3) is 0 Å². The van der Waals surface area contributed by atoms with E-state index >= 15 is 0 Å². The Bertz CT molecular complexity index is 1560. The van der Waals surface area contributed by atoms with E-state index in [1.165, 1.54) is 33.1 Å². The van der Waals surface area contributed by atoms with E-state index in [9.17, 15) is 0 Å². The Morgan fingerprint density at radius 3 is 1.91 bits per heavy atom. The number of fused-ring (bicyclic) bond motifs is 3. The summed E-state index contributed by atoms with van der Waals surface area (Å²) in [6, 6.07) is 42.6. The van der Waals surface area contributed by atoms with Gasteiger partial charge in [0, 0.05) is 27.7 Å². The molecule has 0 saturated heterocycles. The standard InChI is InChI=1S/C30H22N2/c31-28-17-15-22(19-26(28)21-9-3-1-4-10-21)23-16-18-30-27(20-23)25-13-7-8-14-29(25)32(30)24-11-5-2-6-12-24/h1-20H,31H2. The maximum atomic E-state index is 6.33. The number of hydrogen-bond donors (Lipinski definition) is 1. The van der Waals surface area contributed by atoms with E-state index in [1.807, 2.05) is 24.3 Å². The molecule has 0 aliphatic heterocycles. The highest BCUT2D eigenvalue weighted by atomic mass is 15.0. The van der Waals surface area contributed by atoms with Crippen LogP contribution in [0.25, 0.3) is 49.7 Å². The molecule has 0 atom stereocenters. The summed E-state index contributed by atoms with van der Waals surface area (Å²) in [5.41, 5.74) is 15.3. The largest absolute Gasteiger partial charge is 0.398 e. The molecular weight excluding hydrogens is 388 g/mol. The van der Waals surface area contributed by atoms with Crippen molar-refractivity contribution in [2.24, 2.45) is 0 Å². The first-order valence-electron chi connectivity index (χ1n) is 10.8. The average Bonchev–Trinajstić information content (AvgIpc) is 3.19. The Labute approximate surface area is 187 Å². The van der Waals surface area contributed by atoms with E-state index in [0.29, 0.717) is 0 Å². The lowest BCUT2D eigenvalue weighted by atomic mass is 9.96. The minimum atomic E-state index is 0.793. The molecule has 0 amide bonds. The van der Waals surface area contributed by atoms with Gasteiger partial charge in [-0.3, -0.25) is 0 Å². The fourth-order valence-electron chi connectivity index (χ4n) is 4.61. The molecule has 1 heterocycles. The van der Waals surface area contributed by atoms with Crippen molar-refractivity contribution in [2.45, 2.75) is 0 Å². The summed E-state index contributed by atoms with van der Waals surface area (Å²) in [7, 11) is 0. The normalized spacial score (nSPS) is 11.2. The number of hydrogen-bond acceptors (Lipinski definition) is 1. The lowest BCUT2D eigenvalue weighted by Gasteiger charge is -2.10. The van der Waals surface area contributed by atoms with Gasteiger partial charge in [-0.2, -0.15) is 0 Å². The molecule has 2 nitrogen and oxygen atoms in total. The van der Waals surface area contributed by atoms with E-state index in [-0.39, 0.29) is 0 Å². The number of nitrogens with two attached hydrogens (primary N) is 1. The summed E-state index contributed by atoms with van der Waals surface area (Å²) < 4.78 is 2.34. The molecule has 0 fully saturated rings. The Morgan fingerprint density at radius 2 is 1.09 bits per heavy atom. The molecular formula is C30H22N2. The second-order valence-corrected chi connectivity index (χ2v) is 8.09. The molecule has 152 valence electrons. The van der Waals surface area contributed by atoms with Crippen molar-refractivity contribution in [3.05, 3.63) is 121 Å². The SMILES string of the molecule is Nc1ccc(-c2ccc3c(c2)c2ccccc2n3-c2ccccc2)cc1-c1ccccc1. The van der Waals surface area contributed by atoms with Gasteiger partial charge in [-0.15, -0.1) is 0 Å². The average molecular weight is 411 g/mol. The van der Waals surface area contributed by atoms with Crippen molar-refractivity contribution in [1.82, 2.24) is 4.57 Å². The lowest BCUT2D eigenvalue weighted by molar-refractivity contribution is 1.18. The van der Waals surface area contributed by atoms with Crippen LogP contribution in [0.3, 0.4) is 0 Å². The highest BCUT2D eigenvalue weighted by molar-refractivity contribution is 6.10. The molecule has 5 aromatic carbocycles. The second kappa shape index (κ2) is 7.44. The molecule has 32 heavy (non-hydrogen) atoms. The summed E-state index contributed by atoms with van der Waals surface area (Å²) in [5.74, 6) is 0. The summed E-state index contributed by atoms with van der Waals surface area (Å²) in [6.45, 7) is 0. The third-order valence-electron chi connectivity index (χ3n) is 6.16. The number of anilines is 1. The number of benzene rings is 5. The van der Waals surface area contributed by atoms with Gasteiger partial charge in [0.2, 0.25) is 0 Å². The van der Waals surface area contributed by atoms with Crippen LogP contribution in [0.15, 0.2) is 121 Å². The van der Waals surface area contributed by atoms with Crippen LogP contribution in [-0.4, -0.2) is 4.57 Å². The van der Waals surface area contributed by atoms with E-state index in [2.05, 4.69) is 102 Å². The third-order valence-corrected chi connectivity index (χ3v) is 6.16. The van der Waals surface area contributed by atoms with Crippen molar-refractivity contribution < 1.29 is 0 Å². The van der Waals surface area contributed by atoms with E-state index in [1.54, 1.807) is 0 Å². The van der Waals surface area contributed by atoms with Crippen LogP contribution < -0.4 is 5.73 Å². The summed E-state index contributed by atoms with van der Waals surface area (Å²) in [6.07, 6.45) is 0. The summed E-state index contributed by atoms with van der Waals surface area (Å²) in [4.78, 5) is 0. The number of para-hydroxylation sites is 2. The van der Waals surface area contributed by atoms with Crippen molar-refractivity contribution in [3.63, 3.8) is 0 Å². The fraction of sp³-hybridized carbons (Fsp3) is 0. The molecule has 2 heteroatoms. The molecule has 0 spiro atoms. The quantitative estimate of drug-likeness (QED) is 0.298. The zero-order chi connectivity index (χ0) is 21.5. The molecule has 6 aromatic rings. The van der Waals surface area contributed by atoms with Gasteiger partial charge in [0.05, 0.1) is 11.0 Å². The first kappa shape index (κ1) is 18.5. The first-order valence-corrected chi connectivity index (χ1v) is 10.8. The molecule has 6 rings (SSSR count). The predicted molar refractivity (Wildman–Crippen MR) is 136 cm³/mol. The lowest BCUT2D eigenvalue weighted by Crippen LogP contribution is -1.93. The molecule has 0 unspecified atom stereocenters. The molecule has 0 aliphatic carbocycles. The maximum Gasteiger partial charge on any atom is 0.0541 e. The van der Waals surface area contributed by atoms with Gasteiger partial charge in [-0.05, 0) is 59.2 Å². The first-order chi connectivity index (χ1) is 15.8. The van der Waals surface area contributed by atoms with Crippen LogP contribution in [-0.2, 0) is 0 Å².